The molecule has 0 saturated carbocycles. The van der Waals surface area contributed by atoms with Crippen molar-refractivity contribution in [1.29, 1.82) is 0 Å². The molecule has 0 aliphatic heterocycles. The van der Waals surface area contributed by atoms with Crippen LogP contribution in [0.5, 0.6) is 0 Å². The Morgan fingerprint density at radius 1 is 1.08 bits per heavy atom. The number of ether oxygens (including phenoxy) is 1. The molecule has 3 aromatic rings. The van der Waals surface area contributed by atoms with Crippen molar-refractivity contribution in [3.05, 3.63) is 58.5 Å². The van der Waals surface area contributed by atoms with E-state index in [9.17, 15) is 14.4 Å². The third-order valence-corrected chi connectivity index (χ3v) is 3.55. The van der Waals surface area contributed by atoms with Crippen LogP contribution in [-0.4, -0.2) is 35.5 Å². The van der Waals surface area contributed by atoms with Crippen LogP contribution in [0.4, 0.5) is 11.4 Å². The van der Waals surface area contributed by atoms with Crippen LogP contribution in [0.25, 0.3) is 11.0 Å². The SMILES string of the molecule is CNc1ccccc1C(=O)OCC(=O)Nc1ccc2[nH]c(=O)[nH]c2c1. The third kappa shape index (κ3) is 3.69. The van der Waals surface area contributed by atoms with Gasteiger partial charge in [0.05, 0.1) is 16.6 Å². The number of imidazole rings is 1. The van der Waals surface area contributed by atoms with Crippen molar-refractivity contribution in [3.8, 4) is 0 Å². The molecule has 2 aromatic carbocycles. The fourth-order valence-electron chi connectivity index (χ4n) is 2.40. The minimum atomic E-state index is -0.592. The molecule has 0 atom stereocenters. The van der Waals surface area contributed by atoms with Gasteiger partial charge < -0.3 is 25.3 Å². The molecule has 0 fully saturated rings. The maximum atomic E-state index is 12.1. The maximum Gasteiger partial charge on any atom is 0.340 e. The third-order valence-electron chi connectivity index (χ3n) is 3.55. The van der Waals surface area contributed by atoms with Crippen molar-refractivity contribution in [1.82, 2.24) is 9.97 Å². The van der Waals surface area contributed by atoms with Gasteiger partial charge in [0.25, 0.3) is 5.91 Å². The summed E-state index contributed by atoms with van der Waals surface area (Å²) >= 11 is 0. The number of carbonyl (C=O) groups is 2. The zero-order valence-corrected chi connectivity index (χ0v) is 13.4. The van der Waals surface area contributed by atoms with Crippen LogP contribution >= 0.6 is 0 Å². The first-order chi connectivity index (χ1) is 12.1. The van der Waals surface area contributed by atoms with E-state index in [0.717, 1.165) is 0 Å². The number of hydrogen-bond acceptors (Lipinski definition) is 5. The average molecular weight is 340 g/mol. The van der Waals surface area contributed by atoms with E-state index in [1.165, 1.54) is 0 Å². The van der Waals surface area contributed by atoms with Gasteiger partial charge in [-0.1, -0.05) is 12.1 Å². The number of hydrogen-bond donors (Lipinski definition) is 4. The summed E-state index contributed by atoms with van der Waals surface area (Å²) in [6, 6.07) is 11.8. The monoisotopic (exact) mass is 340 g/mol. The van der Waals surface area contributed by atoms with Gasteiger partial charge in [-0.05, 0) is 30.3 Å². The molecule has 0 aliphatic rings. The highest BCUT2D eigenvalue weighted by molar-refractivity contribution is 5.99. The van der Waals surface area contributed by atoms with Crippen LogP contribution in [0.1, 0.15) is 10.4 Å². The Balaban J connectivity index is 1.62. The van der Waals surface area contributed by atoms with Gasteiger partial charge in [0, 0.05) is 18.4 Å². The molecule has 0 bridgehead atoms. The summed E-state index contributed by atoms with van der Waals surface area (Å²) in [5.41, 5.74) is 2.34. The number of benzene rings is 2. The average Bonchev–Trinajstić information content (AvgIpc) is 2.99. The highest BCUT2D eigenvalue weighted by atomic mass is 16.5. The van der Waals surface area contributed by atoms with Gasteiger partial charge in [0.2, 0.25) is 0 Å². The van der Waals surface area contributed by atoms with Gasteiger partial charge in [0.1, 0.15) is 0 Å². The number of H-pyrrole nitrogens is 2. The van der Waals surface area contributed by atoms with E-state index in [2.05, 4.69) is 20.6 Å². The van der Waals surface area contributed by atoms with E-state index < -0.39 is 18.5 Å². The molecular formula is C17H16N4O4. The number of aromatic nitrogens is 2. The summed E-state index contributed by atoms with van der Waals surface area (Å²) in [5.74, 6) is -1.07. The Bertz CT molecular complexity index is 989. The van der Waals surface area contributed by atoms with E-state index in [-0.39, 0.29) is 5.69 Å². The lowest BCUT2D eigenvalue weighted by molar-refractivity contribution is -0.119. The second-order valence-electron chi connectivity index (χ2n) is 5.26. The number of esters is 1. The zero-order chi connectivity index (χ0) is 17.8. The number of para-hydroxylation sites is 1. The van der Waals surface area contributed by atoms with Crippen LogP contribution in [0.2, 0.25) is 0 Å². The van der Waals surface area contributed by atoms with Crippen molar-refractivity contribution in [2.75, 3.05) is 24.3 Å². The molecule has 8 heteroatoms. The molecule has 1 heterocycles. The standard InChI is InChI=1S/C17H16N4O4/c1-18-12-5-3-2-4-11(12)16(23)25-9-15(22)19-10-6-7-13-14(8-10)21-17(24)20-13/h2-8,18H,9H2,1H3,(H,19,22)(H2,20,21,24). The molecule has 1 amide bonds. The summed E-state index contributed by atoms with van der Waals surface area (Å²) < 4.78 is 5.04. The highest BCUT2D eigenvalue weighted by Crippen LogP contribution is 2.16. The molecule has 128 valence electrons. The molecule has 4 N–H and O–H groups in total. The largest absolute Gasteiger partial charge is 0.452 e. The van der Waals surface area contributed by atoms with Gasteiger partial charge in [-0.2, -0.15) is 0 Å². The smallest absolute Gasteiger partial charge is 0.340 e. The molecule has 25 heavy (non-hydrogen) atoms. The first-order valence-corrected chi connectivity index (χ1v) is 7.52. The number of amides is 1. The van der Waals surface area contributed by atoms with Gasteiger partial charge in [-0.15, -0.1) is 0 Å². The Morgan fingerprint density at radius 3 is 2.64 bits per heavy atom. The van der Waals surface area contributed by atoms with Crippen molar-refractivity contribution in [2.24, 2.45) is 0 Å². The molecule has 0 radical (unpaired) electrons. The predicted molar refractivity (Wildman–Crippen MR) is 93.8 cm³/mol. The number of fused-ring (bicyclic) bond motifs is 1. The molecular weight excluding hydrogens is 324 g/mol. The van der Waals surface area contributed by atoms with E-state index >= 15 is 0 Å². The predicted octanol–water partition coefficient (Wildman–Crippen LogP) is 1.69. The molecule has 0 aliphatic carbocycles. The second-order valence-corrected chi connectivity index (χ2v) is 5.26. The lowest BCUT2D eigenvalue weighted by Gasteiger charge is -2.09. The number of anilines is 2. The Morgan fingerprint density at radius 2 is 1.84 bits per heavy atom. The molecule has 0 unspecified atom stereocenters. The number of rotatable bonds is 5. The highest BCUT2D eigenvalue weighted by Gasteiger charge is 2.13. The van der Waals surface area contributed by atoms with E-state index in [4.69, 9.17) is 4.74 Å². The van der Waals surface area contributed by atoms with Crippen molar-refractivity contribution < 1.29 is 14.3 Å². The minimum Gasteiger partial charge on any atom is -0.452 e. The molecule has 0 spiro atoms. The summed E-state index contributed by atoms with van der Waals surface area (Å²) in [7, 11) is 1.69. The first kappa shape index (κ1) is 16.3. The van der Waals surface area contributed by atoms with Crippen molar-refractivity contribution >= 4 is 34.3 Å². The minimum absolute atomic E-state index is 0.324. The van der Waals surface area contributed by atoms with Gasteiger partial charge in [-0.3, -0.25) is 4.79 Å². The van der Waals surface area contributed by atoms with Crippen LogP contribution < -0.4 is 16.3 Å². The zero-order valence-electron chi connectivity index (χ0n) is 13.4. The van der Waals surface area contributed by atoms with Crippen molar-refractivity contribution in [3.63, 3.8) is 0 Å². The van der Waals surface area contributed by atoms with Crippen LogP contribution in [0, 0.1) is 0 Å². The Kier molecular flexibility index (Phi) is 4.51. The van der Waals surface area contributed by atoms with Crippen LogP contribution in [0.15, 0.2) is 47.3 Å². The van der Waals surface area contributed by atoms with Gasteiger partial charge in [-0.25, -0.2) is 9.59 Å². The maximum absolute atomic E-state index is 12.1. The van der Waals surface area contributed by atoms with E-state index in [0.29, 0.717) is 28.0 Å². The summed E-state index contributed by atoms with van der Waals surface area (Å²) in [6.07, 6.45) is 0. The second kappa shape index (κ2) is 6.91. The van der Waals surface area contributed by atoms with Gasteiger partial charge >= 0.3 is 11.7 Å². The number of aromatic amines is 2. The number of nitrogens with one attached hydrogen (secondary N) is 4. The first-order valence-electron chi connectivity index (χ1n) is 7.52. The van der Waals surface area contributed by atoms with Gasteiger partial charge in [0.15, 0.2) is 6.61 Å². The summed E-state index contributed by atoms with van der Waals surface area (Å²) in [5, 5.41) is 5.50. The topological polar surface area (TPSA) is 116 Å². The molecule has 0 saturated heterocycles. The van der Waals surface area contributed by atoms with Crippen LogP contribution in [-0.2, 0) is 9.53 Å². The van der Waals surface area contributed by atoms with E-state index in [1.807, 2.05) is 0 Å². The quantitative estimate of drug-likeness (QED) is 0.528. The fourth-order valence-corrected chi connectivity index (χ4v) is 2.40. The molecule has 3 rings (SSSR count). The summed E-state index contributed by atoms with van der Waals surface area (Å²) in [6.45, 7) is -0.418. The fraction of sp³-hybridized carbons (Fsp3) is 0.118. The van der Waals surface area contributed by atoms with Crippen molar-refractivity contribution in [2.45, 2.75) is 0 Å². The molecule has 8 nitrogen and oxygen atoms in total. The lowest BCUT2D eigenvalue weighted by atomic mass is 10.2. The Labute approximate surface area is 142 Å². The summed E-state index contributed by atoms with van der Waals surface area (Å²) in [4.78, 5) is 40.5. The normalized spacial score (nSPS) is 10.4. The van der Waals surface area contributed by atoms with Crippen LogP contribution in [0.3, 0.4) is 0 Å². The van der Waals surface area contributed by atoms with E-state index in [1.54, 1.807) is 49.5 Å². The number of carbonyl (C=O) groups excluding carboxylic acids is 2. The Hall–Kier alpha value is -3.55. The lowest BCUT2D eigenvalue weighted by Crippen LogP contribution is -2.21. The molecule has 1 aromatic heterocycles.